The smallest absolute Gasteiger partial charge is 0.225 e. The molecule has 0 aromatic heterocycles. The van der Waals surface area contributed by atoms with Crippen molar-refractivity contribution < 1.29 is 9.59 Å². The lowest BCUT2D eigenvalue weighted by molar-refractivity contribution is -0.115. The van der Waals surface area contributed by atoms with E-state index in [-0.39, 0.29) is 11.7 Å². The molecule has 0 fully saturated rings. The highest BCUT2D eigenvalue weighted by Gasteiger charge is 2.14. The Balaban J connectivity index is 1.61. The van der Waals surface area contributed by atoms with Gasteiger partial charge < -0.3 is 5.32 Å². The summed E-state index contributed by atoms with van der Waals surface area (Å²) in [4.78, 5) is 26.1. The summed E-state index contributed by atoms with van der Waals surface area (Å²) < 4.78 is 0. The lowest BCUT2D eigenvalue weighted by Crippen LogP contribution is -2.15. The summed E-state index contributed by atoms with van der Waals surface area (Å²) in [6.45, 7) is 0. The van der Waals surface area contributed by atoms with Crippen LogP contribution in [0.1, 0.15) is 22.3 Å². The maximum Gasteiger partial charge on any atom is 0.225 e. The largest absolute Gasteiger partial charge is 0.325 e. The van der Waals surface area contributed by atoms with Crippen LogP contribution < -0.4 is 5.32 Å². The van der Waals surface area contributed by atoms with E-state index in [9.17, 15) is 9.59 Å². The van der Waals surface area contributed by atoms with Crippen LogP contribution in [0.15, 0.2) is 83.8 Å². The van der Waals surface area contributed by atoms with Crippen LogP contribution in [-0.2, 0) is 4.79 Å². The predicted molar refractivity (Wildman–Crippen MR) is 112 cm³/mol. The summed E-state index contributed by atoms with van der Waals surface area (Å²) in [5.74, 6) is 0.411. The van der Waals surface area contributed by atoms with Crippen molar-refractivity contribution in [3.63, 3.8) is 0 Å². The van der Waals surface area contributed by atoms with Crippen LogP contribution in [0.3, 0.4) is 0 Å². The first-order valence-corrected chi connectivity index (χ1v) is 9.87. The Hall–Kier alpha value is -2.56. The minimum absolute atomic E-state index is 0.109. The highest BCUT2D eigenvalue weighted by molar-refractivity contribution is 7.99. The molecule has 0 saturated heterocycles. The van der Waals surface area contributed by atoms with E-state index < -0.39 is 0 Å². The van der Waals surface area contributed by atoms with Gasteiger partial charge in [0, 0.05) is 33.2 Å². The van der Waals surface area contributed by atoms with Crippen molar-refractivity contribution in [3.05, 3.63) is 95.0 Å². The number of thioether (sulfide) groups is 1. The van der Waals surface area contributed by atoms with Crippen LogP contribution in [0.5, 0.6) is 0 Å². The monoisotopic (exact) mass is 395 g/mol. The lowest BCUT2D eigenvalue weighted by Gasteiger charge is -2.10. The molecule has 0 saturated carbocycles. The number of rotatable bonds is 7. The third-order valence-corrected chi connectivity index (χ3v) is 5.16. The molecule has 3 aromatic carbocycles. The van der Waals surface area contributed by atoms with Gasteiger partial charge in [-0.25, -0.2) is 0 Å². The quantitative estimate of drug-likeness (QED) is 0.412. The van der Waals surface area contributed by atoms with Gasteiger partial charge in [-0.15, -0.1) is 11.8 Å². The van der Waals surface area contributed by atoms with Crippen molar-refractivity contribution >= 4 is 40.7 Å². The Labute approximate surface area is 167 Å². The van der Waals surface area contributed by atoms with Crippen molar-refractivity contribution in [2.45, 2.75) is 11.3 Å². The lowest BCUT2D eigenvalue weighted by atomic mass is 10.0. The summed E-state index contributed by atoms with van der Waals surface area (Å²) in [5.41, 5.74) is 1.62. The zero-order valence-corrected chi connectivity index (χ0v) is 16.1. The number of carbonyl (C=O) groups excluding carboxylic acids is 2. The zero-order chi connectivity index (χ0) is 19.1. The van der Waals surface area contributed by atoms with E-state index in [1.54, 1.807) is 48.2 Å². The topological polar surface area (TPSA) is 46.2 Å². The van der Waals surface area contributed by atoms with E-state index in [1.807, 2.05) is 42.5 Å². The summed E-state index contributed by atoms with van der Waals surface area (Å²) in [6, 6.07) is 23.6. The first kappa shape index (κ1) is 19.2. The third kappa shape index (κ3) is 5.46. The minimum Gasteiger partial charge on any atom is -0.325 e. The molecule has 136 valence electrons. The molecule has 0 aliphatic heterocycles. The fraction of sp³-hybridized carbons (Fsp3) is 0.0909. The van der Waals surface area contributed by atoms with Crippen molar-refractivity contribution in [3.8, 4) is 0 Å². The van der Waals surface area contributed by atoms with Crippen molar-refractivity contribution in [1.29, 1.82) is 0 Å². The van der Waals surface area contributed by atoms with E-state index in [0.717, 1.165) is 4.90 Å². The maximum absolute atomic E-state index is 12.7. The number of amides is 1. The van der Waals surface area contributed by atoms with Crippen LogP contribution in [-0.4, -0.2) is 17.4 Å². The van der Waals surface area contributed by atoms with Gasteiger partial charge in [-0.05, 0) is 36.4 Å². The SMILES string of the molecule is O=C(CCSc1ccc(Cl)cc1)Nc1ccccc1C(=O)c1ccccc1. The van der Waals surface area contributed by atoms with E-state index in [2.05, 4.69) is 5.32 Å². The molecule has 0 atom stereocenters. The number of anilines is 1. The van der Waals surface area contributed by atoms with E-state index in [0.29, 0.717) is 34.0 Å². The third-order valence-electron chi connectivity index (χ3n) is 3.89. The molecular formula is C22H18ClNO2S. The molecule has 3 rings (SSSR count). The number of carbonyl (C=O) groups is 2. The van der Waals surface area contributed by atoms with Gasteiger partial charge in [0.2, 0.25) is 5.91 Å². The first-order chi connectivity index (χ1) is 13.1. The summed E-state index contributed by atoms with van der Waals surface area (Å²) in [5, 5.41) is 3.55. The van der Waals surface area contributed by atoms with Gasteiger partial charge in [-0.3, -0.25) is 9.59 Å². The molecule has 0 radical (unpaired) electrons. The van der Waals surface area contributed by atoms with Gasteiger partial charge in [0.1, 0.15) is 0 Å². The highest BCUT2D eigenvalue weighted by Crippen LogP contribution is 2.22. The molecule has 0 heterocycles. The fourth-order valence-corrected chi connectivity index (χ4v) is 3.52. The Morgan fingerprint density at radius 2 is 1.52 bits per heavy atom. The van der Waals surface area contributed by atoms with Gasteiger partial charge in [0.25, 0.3) is 0 Å². The molecule has 27 heavy (non-hydrogen) atoms. The normalized spacial score (nSPS) is 10.4. The second kappa shape index (κ2) is 9.40. The molecule has 1 N–H and O–H groups in total. The van der Waals surface area contributed by atoms with Crippen LogP contribution in [0.25, 0.3) is 0 Å². The number of nitrogens with one attached hydrogen (secondary N) is 1. The van der Waals surface area contributed by atoms with E-state index in [4.69, 9.17) is 11.6 Å². The zero-order valence-electron chi connectivity index (χ0n) is 14.5. The van der Waals surface area contributed by atoms with Crippen LogP contribution in [0.4, 0.5) is 5.69 Å². The number of para-hydroxylation sites is 1. The van der Waals surface area contributed by atoms with Gasteiger partial charge in [-0.2, -0.15) is 0 Å². The number of halogens is 1. The van der Waals surface area contributed by atoms with Crippen molar-refractivity contribution in [2.75, 3.05) is 11.1 Å². The van der Waals surface area contributed by atoms with E-state index in [1.165, 1.54) is 0 Å². The molecule has 3 aromatic rings. The molecule has 0 bridgehead atoms. The number of benzene rings is 3. The van der Waals surface area contributed by atoms with Gasteiger partial charge in [0.05, 0.1) is 5.69 Å². The minimum atomic E-state index is -0.121. The summed E-state index contributed by atoms with van der Waals surface area (Å²) >= 11 is 7.46. The van der Waals surface area contributed by atoms with Crippen LogP contribution in [0, 0.1) is 0 Å². The molecule has 1 amide bonds. The highest BCUT2D eigenvalue weighted by atomic mass is 35.5. The Morgan fingerprint density at radius 1 is 0.852 bits per heavy atom. The molecule has 0 spiro atoms. The van der Waals surface area contributed by atoms with Crippen LogP contribution in [0.2, 0.25) is 5.02 Å². The molecule has 0 unspecified atom stereocenters. The standard InChI is InChI=1S/C22H18ClNO2S/c23-17-10-12-18(13-11-17)27-15-14-21(25)24-20-9-5-4-8-19(20)22(26)16-6-2-1-3-7-16/h1-13H,14-15H2,(H,24,25). The fourth-order valence-electron chi connectivity index (χ4n) is 2.54. The van der Waals surface area contributed by atoms with Crippen molar-refractivity contribution in [1.82, 2.24) is 0 Å². The molecule has 3 nitrogen and oxygen atoms in total. The Bertz CT molecular complexity index is 927. The number of ketones is 1. The van der Waals surface area contributed by atoms with Gasteiger partial charge in [-0.1, -0.05) is 54.1 Å². The first-order valence-electron chi connectivity index (χ1n) is 8.50. The molecule has 0 aliphatic rings. The summed E-state index contributed by atoms with van der Waals surface area (Å²) in [6.07, 6.45) is 0.348. The predicted octanol–water partition coefficient (Wildman–Crippen LogP) is 5.69. The van der Waals surface area contributed by atoms with Gasteiger partial charge in [0.15, 0.2) is 5.78 Å². The molecule has 5 heteroatoms. The van der Waals surface area contributed by atoms with Crippen LogP contribution >= 0.6 is 23.4 Å². The summed E-state index contributed by atoms with van der Waals surface area (Å²) in [7, 11) is 0. The average Bonchev–Trinajstić information content (AvgIpc) is 2.70. The van der Waals surface area contributed by atoms with E-state index >= 15 is 0 Å². The number of hydrogen-bond acceptors (Lipinski definition) is 3. The second-order valence-corrected chi connectivity index (χ2v) is 7.45. The molecule has 0 aliphatic carbocycles. The second-order valence-electron chi connectivity index (χ2n) is 5.84. The van der Waals surface area contributed by atoms with Gasteiger partial charge >= 0.3 is 0 Å². The maximum atomic E-state index is 12.7. The Morgan fingerprint density at radius 3 is 2.26 bits per heavy atom. The molecular weight excluding hydrogens is 378 g/mol. The average molecular weight is 396 g/mol. The number of hydrogen-bond donors (Lipinski definition) is 1. The van der Waals surface area contributed by atoms with Crippen molar-refractivity contribution in [2.24, 2.45) is 0 Å². The Kier molecular flexibility index (Phi) is 6.69.